The van der Waals surface area contributed by atoms with Crippen molar-refractivity contribution in [3.8, 4) is 5.69 Å². The largest absolute Gasteiger partial charge is 0.329 e. The van der Waals surface area contributed by atoms with Gasteiger partial charge in [0.1, 0.15) is 4.83 Å². The Morgan fingerprint density at radius 1 is 1.22 bits per heavy atom. The fraction of sp³-hybridized carbons (Fsp3) is 0.391. The van der Waals surface area contributed by atoms with E-state index >= 15 is 0 Å². The second kappa shape index (κ2) is 8.71. The van der Waals surface area contributed by atoms with Crippen LogP contribution in [-0.2, 0) is 17.6 Å². The number of aromatic nitrogens is 2. The molecule has 2 aliphatic rings. The predicted octanol–water partition coefficient (Wildman–Crippen LogP) is 3.61. The maximum absolute atomic E-state index is 13.7. The molecule has 1 N–H and O–H groups in total. The molecule has 0 saturated carbocycles. The number of fused-ring (bicyclic) bond motifs is 3. The number of thioether (sulfide) groups is 1. The van der Waals surface area contributed by atoms with Crippen LogP contribution >= 0.6 is 23.1 Å². The molecule has 1 aromatic carbocycles. The Balaban J connectivity index is 1.47. The number of aryl methyl sites for hydroxylation is 1. The smallest absolute Gasteiger partial charge is 0.324 e. The molecule has 0 spiro atoms. The summed E-state index contributed by atoms with van der Waals surface area (Å²) in [6.07, 6.45) is 3.67. The fourth-order valence-electron chi connectivity index (χ4n) is 4.34. The van der Waals surface area contributed by atoms with Crippen LogP contribution in [0, 0.1) is 5.92 Å². The predicted molar refractivity (Wildman–Crippen MR) is 127 cm³/mol. The third kappa shape index (κ3) is 3.84. The molecule has 32 heavy (non-hydrogen) atoms. The zero-order valence-electron chi connectivity index (χ0n) is 17.8. The Bertz CT molecular complexity index is 1240. The molecule has 3 amide bonds. The van der Waals surface area contributed by atoms with Crippen molar-refractivity contribution in [3.63, 3.8) is 0 Å². The van der Waals surface area contributed by atoms with Gasteiger partial charge in [-0.1, -0.05) is 36.9 Å². The first kappa shape index (κ1) is 21.2. The second-order valence-corrected chi connectivity index (χ2v) is 10.5. The summed E-state index contributed by atoms with van der Waals surface area (Å²) in [6, 6.07) is 9.28. The minimum Gasteiger partial charge on any atom is -0.329 e. The van der Waals surface area contributed by atoms with Crippen LogP contribution in [0.1, 0.15) is 30.2 Å². The van der Waals surface area contributed by atoms with Crippen molar-refractivity contribution >= 4 is 45.3 Å². The number of nitrogens with one attached hydrogen (secondary N) is 1. The van der Waals surface area contributed by atoms with Gasteiger partial charge in [0, 0.05) is 17.2 Å². The van der Waals surface area contributed by atoms with Crippen LogP contribution in [0.15, 0.2) is 40.3 Å². The van der Waals surface area contributed by atoms with Crippen molar-refractivity contribution in [2.45, 2.75) is 37.8 Å². The second-order valence-electron chi connectivity index (χ2n) is 8.31. The molecule has 1 atom stereocenters. The van der Waals surface area contributed by atoms with Crippen molar-refractivity contribution in [3.05, 3.63) is 51.1 Å². The summed E-state index contributed by atoms with van der Waals surface area (Å²) in [5.41, 5.74) is 1.97. The first-order chi connectivity index (χ1) is 15.5. The Morgan fingerprint density at radius 2 is 2.03 bits per heavy atom. The lowest BCUT2D eigenvalue weighted by Gasteiger charge is -2.18. The first-order valence-electron chi connectivity index (χ1n) is 10.9. The third-order valence-corrected chi connectivity index (χ3v) is 8.18. The molecule has 0 radical (unpaired) electrons. The van der Waals surface area contributed by atoms with Crippen molar-refractivity contribution in [2.75, 3.05) is 18.8 Å². The van der Waals surface area contributed by atoms with Gasteiger partial charge in [0.05, 0.1) is 17.6 Å². The van der Waals surface area contributed by atoms with Crippen LogP contribution in [-0.4, -0.2) is 45.2 Å². The minimum absolute atomic E-state index is 0.00940. The zero-order chi connectivity index (χ0) is 22.2. The summed E-state index contributed by atoms with van der Waals surface area (Å²) < 4.78 is 1.71. The van der Waals surface area contributed by atoms with Gasteiger partial charge in [0.25, 0.3) is 5.56 Å². The highest BCUT2D eigenvalue weighted by atomic mass is 32.2. The van der Waals surface area contributed by atoms with Crippen molar-refractivity contribution < 1.29 is 9.59 Å². The van der Waals surface area contributed by atoms with Crippen LogP contribution in [0.5, 0.6) is 0 Å². The van der Waals surface area contributed by atoms with Crippen LogP contribution in [0.3, 0.4) is 0 Å². The molecule has 1 aliphatic carbocycles. The van der Waals surface area contributed by atoms with E-state index in [9.17, 15) is 14.4 Å². The van der Waals surface area contributed by atoms with Crippen LogP contribution in [0.4, 0.5) is 4.79 Å². The molecular formula is C23H24N4O3S2. The Morgan fingerprint density at radius 3 is 2.78 bits per heavy atom. The van der Waals surface area contributed by atoms with E-state index in [4.69, 9.17) is 4.98 Å². The van der Waals surface area contributed by atoms with E-state index in [0.717, 1.165) is 35.2 Å². The quantitative estimate of drug-likeness (QED) is 0.259. The van der Waals surface area contributed by atoms with Gasteiger partial charge in [-0.2, -0.15) is 0 Å². The zero-order valence-corrected chi connectivity index (χ0v) is 19.4. The van der Waals surface area contributed by atoms with E-state index in [2.05, 4.69) is 12.2 Å². The molecule has 166 valence electrons. The molecule has 5 rings (SSSR count). The van der Waals surface area contributed by atoms with Gasteiger partial charge in [-0.25, -0.2) is 9.78 Å². The number of rotatable bonds is 6. The number of urea groups is 1. The molecule has 1 fully saturated rings. The molecule has 1 aliphatic heterocycles. The first-order valence-corrected chi connectivity index (χ1v) is 12.7. The molecule has 0 bridgehead atoms. The summed E-state index contributed by atoms with van der Waals surface area (Å²) in [5, 5.41) is 3.96. The maximum Gasteiger partial charge on any atom is 0.324 e. The van der Waals surface area contributed by atoms with E-state index in [1.165, 1.54) is 27.1 Å². The van der Waals surface area contributed by atoms with Gasteiger partial charge < -0.3 is 5.32 Å². The van der Waals surface area contributed by atoms with Crippen LogP contribution in [0.2, 0.25) is 0 Å². The van der Waals surface area contributed by atoms with Crippen LogP contribution < -0.4 is 10.9 Å². The molecule has 9 heteroatoms. The SMILES string of the molecule is CC1CCc2c(sc3nc(SCCCN4C(=O)CNC4=O)n(-c4ccccc4)c(=O)c23)C1. The number of hydrogen-bond acceptors (Lipinski definition) is 6. The number of imide groups is 1. The Labute approximate surface area is 193 Å². The van der Waals surface area contributed by atoms with Gasteiger partial charge in [0.2, 0.25) is 5.91 Å². The molecule has 3 aromatic rings. The molecule has 1 saturated heterocycles. The highest BCUT2D eigenvalue weighted by Gasteiger charge is 2.28. The lowest BCUT2D eigenvalue weighted by atomic mass is 9.89. The van der Waals surface area contributed by atoms with Gasteiger partial charge in [0.15, 0.2) is 5.16 Å². The fourth-order valence-corrected chi connectivity index (χ4v) is 6.70. The number of amides is 3. The number of thiophene rings is 1. The van der Waals surface area contributed by atoms with Gasteiger partial charge in [-0.3, -0.25) is 19.1 Å². The van der Waals surface area contributed by atoms with Crippen molar-refractivity contribution in [2.24, 2.45) is 5.92 Å². The number of hydrogen-bond donors (Lipinski definition) is 1. The molecule has 7 nitrogen and oxygen atoms in total. The average molecular weight is 469 g/mol. The summed E-state index contributed by atoms with van der Waals surface area (Å²) in [6.45, 7) is 2.69. The number of carbonyl (C=O) groups is 2. The number of nitrogens with zero attached hydrogens (tertiary/aromatic N) is 3. The lowest BCUT2D eigenvalue weighted by Crippen LogP contribution is -2.32. The summed E-state index contributed by atoms with van der Waals surface area (Å²) >= 11 is 3.14. The minimum atomic E-state index is -0.334. The monoisotopic (exact) mass is 468 g/mol. The highest BCUT2D eigenvalue weighted by Crippen LogP contribution is 2.37. The van der Waals surface area contributed by atoms with E-state index < -0.39 is 0 Å². The van der Waals surface area contributed by atoms with Gasteiger partial charge >= 0.3 is 6.03 Å². The van der Waals surface area contributed by atoms with E-state index in [0.29, 0.717) is 29.8 Å². The van der Waals surface area contributed by atoms with E-state index in [1.54, 1.807) is 15.9 Å². The summed E-state index contributed by atoms with van der Waals surface area (Å²) in [5.74, 6) is 1.08. The molecule has 1 unspecified atom stereocenters. The average Bonchev–Trinajstić information content (AvgIpc) is 3.30. The molecule has 3 heterocycles. The van der Waals surface area contributed by atoms with E-state index in [1.807, 2.05) is 30.3 Å². The lowest BCUT2D eigenvalue weighted by molar-refractivity contribution is -0.124. The highest BCUT2D eigenvalue weighted by molar-refractivity contribution is 7.99. The number of benzene rings is 1. The van der Waals surface area contributed by atoms with Gasteiger partial charge in [-0.05, 0) is 49.3 Å². The summed E-state index contributed by atoms with van der Waals surface area (Å²) in [7, 11) is 0. The van der Waals surface area contributed by atoms with Crippen molar-refractivity contribution in [1.82, 2.24) is 19.8 Å². The van der Waals surface area contributed by atoms with Crippen LogP contribution in [0.25, 0.3) is 15.9 Å². The Hall–Kier alpha value is -2.65. The summed E-state index contributed by atoms with van der Waals surface area (Å²) in [4.78, 5) is 45.5. The molecular weight excluding hydrogens is 444 g/mol. The standard InChI is InChI=1S/C23H24N4O3S2/c1-14-8-9-16-17(12-14)32-20-19(16)21(29)27(15-6-3-2-4-7-15)23(25-20)31-11-5-10-26-18(28)13-24-22(26)30/h2-4,6-7,14H,5,8-13H2,1H3,(H,24,30). The number of carbonyl (C=O) groups excluding carboxylic acids is 2. The Kier molecular flexibility index (Phi) is 5.77. The third-order valence-electron chi connectivity index (χ3n) is 6.01. The maximum atomic E-state index is 13.7. The number of para-hydroxylation sites is 1. The van der Waals surface area contributed by atoms with Gasteiger partial charge in [-0.15, -0.1) is 11.3 Å². The van der Waals surface area contributed by atoms with Crippen molar-refractivity contribution in [1.29, 1.82) is 0 Å². The van der Waals surface area contributed by atoms with E-state index in [-0.39, 0.29) is 24.0 Å². The topological polar surface area (TPSA) is 84.3 Å². The molecule has 2 aromatic heterocycles. The normalized spacial score (nSPS) is 18.3.